The molecule has 0 amide bonds. The second-order valence-electron chi connectivity index (χ2n) is 5.40. The Morgan fingerprint density at radius 1 is 0.938 bits per heavy atom. The molecule has 2 unspecified atom stereocenters. The molecule has 1 nitrogen and oxygen atoms in total. The molecule has 0 aliphatic carbocycles. The van der Waals surface area contributed by atoms with Gasteiger partial charge >= 0.3 is 0 Å². The maximum Gasteiger partial charge on any atom is 0.00900 e. The van der Waals surface area contributed by atoms with Crippen LogP contribution in [0.15, 0.2) is 0 Å². The Morgan fingerprint density at radius 2 is 1.62 bits per heavy atom. The van der Waals surface area contributed by atoms with Crippen molar-refractivity contribution in [3.63, 3.8) is 0 Å². The van der Waals surface area contributed by atoms with Crippen LogP contribution in [0, 0.1) is 11.8 Å². The topological polar surface area (TPSA) is 12.0 Å². The highest BCUT2D eigenvalue weighted by atomic mass is 14.9. The average molecular weight is 227 g/mol. The molecule has 0 heterocycles. The SMILES string of the molecule is CCCCC(CC)CCC(NCC)C(C)C. The van der Waals surface area contributed by atoms with Gasteiger partial charge in [0, 0.05) is 6.04 Å². The number of hydrogen-bond acceptors (Lipinski definition) is 1. The van der Waals surface area contributed by atoms with E-state index in [2.05, 4.69) is 39.9 Å². The molecule has 0 radical (unpaired) electrons. The molecule has 0 saturated carbocycles. The molecule has 0 fully saturated rings. The van der Waals surface area contributed by atoms with Crippen molar-refractivity contribution >= 4 is 0 Å². The van der Waals surface area contributed by atoms with Crippen LogP contribution in [-0.2, 0) is 0 Å². The number of nitrogens with one attached hydrogen (secondary N) is 1. The predicted molar refractivity (Wildman–Crippen MR) is 74.8 cm³/mol. The Balaban J connectivity index is 3.86. The molecule has 0 aromatic heterocycles. The third kappa shape index (κ3) is 7.27. The molecular formula is C15H33N. The first kappa shape index (κ1) is 16.0. The second kappa shape index (κ2) is 10.1. The molecule has 0 aromatic carbocycles. The lowest BCUT2D eigenvalue weighted by Gasteiger charge is -2.24. The minimum Gasteiger partial charge on any atom is -0.314 e. The van der Waals surface area contributed by atoms with E-state index in [-0.39, 0.29) is 0 Å². The van der Waals surface area contributed by atoms with Gasteiger partial charge in [-0.05, 0) is 31.2 Å². The minimum atomic E-state index is 0.723. The lowest BCUT2D eigenvalue weighted by Crippen LogP contribution is -2.34. The lowest BCUT2D eigenvalue weighted by molar-refractivity contribution is 0.326. The van der Waals surface area contributed by atoms with Gasteiger partial charge in [-0.1, -0.05) is 60.3 Å². The molecule has 1 heteroatoms. The Labute approximate surface area is 103 Å². The second-order valence-corrected chi connectivity index (χ2v) is 5.40. The zero-order valence-corrected chi connectivity index (χ0v) is 12.2. The van der Waals surface area contributed by atoms with Crippen LogP contribution in [0.5, 0.6) is 0 Å². The van der Waals surface area contributed by atoms with Crippen LogP contribution in [0.2, 0.25) is 0 Å². The van der Waals surface area contributed by atoms with Crippen molar-refractivity contribution in [3.05, 3.63) is 0 Å². The summed E-state index contributed by atoms with van der Waals surface area (Å²) < 4.78 is 0. The summed E-state index contributed by atoms with van der Waals surface area (Å²) in [4.78, 5) is 0. The Morgan fingerprint density at radius 3 is 2.06 bits per heavy atom. The van der Waals surface area contributed by atoms with Gasteiger partial charge in [-0.3, -0.25) is 0 Å². The van der Waals surface area contributed by atoms with Crippen molar-refractivity contribution in [2.45, 2.75) is 79.2 Å². The van der Waals surface area contributed by atoms with Gasteiger partial charge in [0.2, 0.25) is 0 Å². The Kier molecular flexibility index (Phi) is 10.1. The third-order valence-corrected chi connectivity index (χ3v) is 3.70. The molecule has 98 valence electrons. The Hall–Kier alpha value is -0.0400. The van der Waals surface area contributed by atoms with Crippen LogP contribution in [0.4, 0.5) is 0 Å². The zero-order valence-electron chi connectivity index (χ0n) is 12.2. The number of rotatable bonds is 10. The van der Waals surface area contributed by atoms with E-state index in [1.807, 2.05) is 0 Å². The highest BCUT2D eigenvalue weighted by Crippen LogP contribution is 2.21. The van der Waals surface area contributed by atoms with Gasteiger partial charge < -0.3 is 5.32 Å². The molecule has 0 saturated heterocycles. The fourth-order valence-electron chi connectivity index (χ4n) is 2.39. The summed E-state index contributed by atoms with van der Waals surface area (Å²) in [6.07, 6.45) is 8.31. The summed E-state index contributed by atoms with van der Waals surface area (Å²) in [5.74, 6) is 1.73. The van der Waals surface area contributed by atoms with Gasteiger partial charge in [0.05, 0.1) is 0 Å². The van der Waals surface area contributed by atoms with Crippen LogP contribution >= 0.6 is 0 Å². The Bertz CT molecular complexity index is 142. The van der Waals surface area contributed by atoms with Gasteiger partial charge in [-0.2, -0.15) is 0 Å². The largest absolute Gasteiger partial charge is 0.314 e. The van der Waals surface area contributed by atoms with E-state index in [1.165, 1.54) is 38.5 Å². The van der Waals surface area contributed by atoms with E-state index in [9.17, 15) is 0 Å². The van der Waals surface area contributed by atoms with Crippen LogP contribution in [0.25, 0.3) is 0 Å². The monoisotopic (exact) mass is 227 g/mol. The smallest absolute Gasteiger partial charge is 0.00900 e. The molecule has 0 aromatic rings. The van der Waals surface area contributed by atoms with Gasteiger partial charge in [0.1, 0.15) is 0 Å². The fourth-order valence-corrected chi connectivity index (χ4v) is 2.39. The number of unbranched alkanes of at least 4 members (excludes halogenated alkanes) is 1. The van der Waals surface area contributed by atoms with Crippen molar-refractivity contribution < 1.29 is 0 Å². The van der Waals surface area contributed by atoms with Crippen LogP contribution in [0.1, 0.15) is 73.1 Å². The summed E-state index contributed by atoms with van der Waals surface area (Å²) in [6.45, 7) is 12.6. The van der Waals surface area contributed by atoms with Crippen molar-refractivity contribution in [1.29, 1.82) is 0 Å². The number of hydrogen-bond donors (Lipinski definition) is 1. The van der Waals surface area contributed by atoms with E-state index >= 15 is 0 Å². The van der Waals surface area contributed by atoms with Crippen LogP contribution in [-0.4, -0.2) is 12.6 Å². The summed E-state index contributed by atoms with van der Waals surface area (Å²) in [5, 5.41) is 3.62. The van der Waals surface area contributed by atoms with Crippen molar-refractivity contribution in [3.8, 4) is 0 Å². The van der Waals surface area contributed by atoms with E-state index in [0.29, 0.717) is 0 Å². The van der Waals surface area contributed by atoms with E-state index < -0.39 is 0 Å². The van der Waals surface area contributed by atoms with Crippen LogP contribution in [0.3, 0.4) is 0 Å². The van der Waals surface area contributed by atoms with Crippen molar-refractivity contribution in [2.75, 3.05) is 6.54 Å². The maximum atomic E-state index is 3.62. The lowest BCUT2D eigenvalue weighted by atomic mass is 9.89. The molecule has 0 rings (SSSR count). The van der Waals surface area contributed by atoms with Crippen molar-refractivity contribution in [1.82, 2.24) is 5.32 Å². The highest BCUT2D eigenvalue weighted by molar-refractivity contribution is 4.71. The first-order valence-electron chi connectivity index (χ1n) is 7.38. The maximum absolute atomic E-state index is 3.62. The molecule has 1 N–H and O–H groups in total. The highest BCUT2D eigenvalue weighted by Gasteiger charge is 2.14. The van der Waals surface area contributed by atoms with Gasteiger partial charge in [-0.25, -0.2) is 0 Å². The molecule has 16 heavy (non-hydrogen) atoms. The fraction of sp³-hybridized carbons (Fsp3) is 1.00. The molecule has 2 atom stereocenters. The molecule has 0 aliphatic heterocycles. The van der Waals surface area contributed by atoms with E-state index in [4.69, 9.17) is 0 Å². The normalized spacial score (nSPS) is 15.4. The van der Waals surface area contributed by atoms with Gasteiger partial charge in [0.15, 0.2) is 0 Å². The summed E-state index contributed by atoms with van der Waals surface area (Å²) in [5.41, 5.74) is 0. The van der Waals surface area contributed by atoms with E-state index in [0.717, 1.165) is 24.4 Å². The summed E-state index contributed by atoms with van der Waals surface area (Å²) in [7, 11) is 0. The molecule has 0 aliphatic rings. The molecular weight excluding hydrogens is 194 g/mol. The van der Waals surface area contributed by atoms with Gasteiger partial charge in [0.25, 0.3) is 0 Å². The predicted octanol–water partition coefficient (Wildman–Crippen LogP) is 4.62. The van der Waals surface area contributed by atoms with Crippen LogP contribution < -0.4 is 5.32 Å². The minimum absolute atomic E-state index is 0.723. The average Bonchev–Trinajstić information content (AvgIpc) is 2.27. The van der Waals surface area contributed by atoms with Gasteiger partial charge in [-0.15, -0.1) is 0 Å². The summed E-state index contributed by atoms with van der Waals surface area (Å²) >= 11 is 0. The third-order valence-electron chi connectivity index (χ3n) is 3.70. The first-order chi connectivity index (χ1) is 7.65. The molecule has 0 spiro atoms. The summed E-state index contributed by atoms with van der Waals surface area (Å²) in [6, 6.07) is 0.723. The standard InChI is InChI=1S/C15H33N/c1-6-9-10-14(7-2)11-12-15(13(4)5)16-8-3/h13-16H,6-12H2,1-5H3. The van der Waals surface area contributed by atoms with E-state index in [1.54, 1.807) is 0 Å². The first-order valence-corrected chi connectivity index (χ1v) is 7.38. The zero-order chi connectivity index (χ0) is 12.4. The molecule has 0 bridgehead atoms. The van der Waals surface area contributed by atoms with Crippen molar-refractivity contribution in [2.24, 2.45) is 11.8 Å². The quantitative estimate of drug-likeness (QED) is 0.574.